The number of carbonyl (C=O) groups is 3. The molecule has 32 heavy (non-hydrogen) atoms. The van der Waals surface area contributed by atoms with Crippen LogP contribution in [0.4, 0.5) is 4.39 Å². The van der Waals surface area contributed by atoms with Gasteiger partial charge in [0, 0.05) is 29.6 Å². The summed E-state index contributed by atoms with van der Waals surface area (Å²) >= 11 is 0. The van der Waals surface area contributed by atoms with Crippen LogP contribution in [0, 0.1) is 22.7 Å². The van der Waals surface area contributed by atoms with Gasteiger partial charge in [-0.15, -0.1) is 0 Å². The Bertz CT molecular complexity index is 886. The zero-order valence-electron chi connectivity index (χ0n) is 18.9. The van der Waals surface area contributed by atoms with Gasteiger partial charge in [0.15, 0.2) is 18.0 Å². The predicted molar refractivity (Wildman–Crippen MR) is 111 cm³/mol. The van der Waals surface area contributed by atoms with E-state index >= 15 is 4.39 Å². The second-order valence-electron chi connectivity index (χ2n) is 10.6. The van der Waals surface area contributed by atoms with Crippen molar-refractivity contribution in [1.29, 1.82) is 0 Å². The van der Waals surface area contributed by atoms with Gasteiger partial charge in [-0.1, -0.05) is 26.3 Å². The van der Waals surface area contributed by atoms with Crippen LogP contribution in [0.2, 0.25) is 0 Å². The van der Waals surface area contributed by atoms with Crippen molar-refractivity contribution in [2.24, 2.45) is 22.7 Å². The molecule has 3 saturated carbocycles. The summed E-state index contributed by atoms with van der Waals surface area (Å²) in [5.41, 5.74) is -5.88. The Hall–Kier alpha value is -1.64. The van der Waals surface area contributed by atoms with Crippen molar-refractivity contribution in [3.8, 4) is 0 Å². The normalized spacial score (nSPS) is 47.7. The molecule has 8 heteroatoms. The van der Waals surface area contributed by atoms with Crippen molar-refractivity contribution in [2.45, 2.75) is 89.2 Å². The first-order valence-electron chi connectivity index (χ1n) is 11.6. The van der Waals surface area contributed by atoms with Gasteiger partial charge < -0.3 is 20.1 Å². The van der Waals surface area contributed by atoms with Crippen LogP contribution < -0.4 is 0 Å². The van der Waals surface area contributed by atoms with Gasteiger partial charge in [0.2, 0.25) is 5.78 Å². The van der Waals surface area contributed by atoms with E-state index in [4.69, 9.17) is 4.74 Å². The van der Waals surface area contributed by atoms with Gasteiger partial charge in [0.05, 0.1) is 12.2 Å². The Kier molecular flexibility index (Phi) is 5.46. The van der Waals surface area contributed by atoms with Crippen LogP contribution in [0.1, 0.15) is 65.7 Å². The number of halogens is 1. The highest BCUT2D eigenvalue weighted by atomic mass is 19.1. The van der Waals surface area contributed by atoms with E-state index in [0.29, 0.717) is 24.8 Å². The van der Waals surface area contributed by atoms with Gasteiger partial charge in [-0.25, -0.2) is 4.39 Å². The monoisotopic (exact) mass is 452 g/mol. The Morgan fingerprint density at radius 1 is 1.19 bits per heavy atom. The minimum Gasteiger partial charge on any atom is -0.458 e. The lowest BCUT2D eigenvalue weighted by Crippen LogP contribution is -2.70. The van der Waals surface area contributed by atoms with E-state index in [1.54, 1.807) is 20.8 Å². The van der Waals surface area contributed by atoms with Crippen LogP contribution >= 0.6 is 0 Å². The Balaban J connectivity index is 1.72. The lowest BCUT2D eigenvalue weighted by atomic mass is 9.44. The van der Waals surface area contributed by atoms with Crippen LogP contribution in [-0.4, -0.2) is 62.9 Å². The summed E-state index contributed by atoms with van der Waals surface area (Å²) in [6, 6.07) is 0. The summed E-state index contributed by atoms with van der Waals surface area (Å²) in [6.45, 7) is 4.27. The highest BCUT2D eigenvalue weighted by molar-refractivity contribution is 5.92. The number of aliphatic hydroxyl groups excluding tert-OH is 2. The van der Waals surface area contributed by atoms with Crippen LogP contribution in [0.25, 0.3) is 0 Å². The number of aliphatic hydroxyl groups is 3. The first-order chi connectivity index (χ1) is 14.9. The molecule has 0 amide bonds. The van der Waals surface area contributed by atoms with Crippen LogP contribution in [-0.2, 0) is 19.1 Å². The zero-order valence-corrected chi connectivity index (χ0v) is 18.9. The molecular formula is C24H33FO7. The summed E-state index contributed by atoms with van der Waals surface area (Å²) < 4.78 is 21.9. The number of allylic oxidation sites excluding steroid dienone is 1. The minimum absolute atomic E-state index is 0.0115. The van der Waals surface area contributed by atoms with E-state index in [1.165, 1.54) is 6.08 Å². The summed E-state index contributed by atoms with van der Waals surface area (Å²) in [7, 11) is 0. The molecule has 0 heterocycles. The Labute approximate surface area is 187 Å². The Morgan fingerprint density at radius 2 is 1.88 bits per heavy atom. The fourth-order valence-corrected chi connectivity index (χ4v) is 7.45. The molecule has 0 spiro atoms. The Morgan fingerprint density at radius 3 is 2.53 bits per heavy atom. The smallest absolute Gasteiger partial charge is 0.305 e. The third-order valence-corrected chi connectivity index (χ3v) is 9.34. The van der Waals surface area contributed by atoms with E-state index in [0.717, 1.165) is 0 Å². The molecule has 0 radical (unpaired) electrons. The molecule has 4 rings (SSSR count). The second-order valence-corrected chi connectivity index (χ2v) is 10.6. The predicted octanol–water partition coefficient (Wildman–Crippen LogP) is 1.81. The van der Waals surface area contributed by atoms with E-state index < -0.39 is 64.5 Å². The first kappa shape index (κ1) is 23.5. The van der Waals surface area contributed by atoms with Crippen molar-refractivity contribution in [3.05, 3.63) is 11.6 Å². The van der Waals surface area contributed by atoms with Gasteiger partial charge in [0.1, 0.15) is 5.67 Å². The lowest BCUT2D eigenvalue weighted by molar-refractivity contribution is -0.230. The minimum atomic E-state index is -2.26. The molecular weight excluding hydrogens is 419 g/mol. The van der Waals surface area contributed by atoms with E-state index in [9.17, 15) is 29.7 Å². The van der Waals surface area contributed by atoms with E-state index in [1.807, 2.05) is 0 Å². The maximum atomic E-state index is 17.0. The van der Waals surface area contributed by atoms with Crippen molar-refractivity contribution in [1.82, 2.24) is 0 Å². The van der Waals surface area contributed by atoms with Crippen LogP contribution in [0.3, 0.4) is 0 Å². The fraction of sp³-hybridized carbons (Fsp3) is 0.792. The van der Waals surface area contributed by atoms with Crippen molar-refractivity contribution >= 4 is 17.5 Å². The van der Waals surface area contributed by atoms with Gasteiger partial charge in [-0.3, -0.25) is 14.4 Å². The van der Waals surface area contributed by atoms with E-state index in [2.05, 4.69) is 0 Å². The molecule has 0 bridgehead atoms. The average molecular weight is 453 g/mol. The summed E-state index contributed by atoms with van der Waals surface area (Å²) in [5, 5.41) is 33.6. The number of rotatable bonds is 4. The van der Waals surface area contributed by atoms with Crippen molar-refractivity contribution in [3.63, 3.8) is 0 Å². The molecule has 4 aliphatic rings. The molecule has 8 atom stereocenters. The molecule has 0 aromatic carbocycles. The third-order valence-electron chi connectivity index (χ3n) is 9.34. The molecule has 4 aliphatic carbocycles. The SMILES string of the molecule is CCC(=O)OCC(=O)[C@@]1(O)[C@H](O)C[C@H]2[C@@H]3CCC4=CC(=O)CC[C@]4(C)C3(F)[C@@H](O)C[C@@]21C. The molecule has 7 nitrogen and oxygen atoms in total. The number of ketones is 2. The molecule has 3 fully saturated rings. The summed E-state index contributed by atoms with van der Waals surface area (Å²) in [5.74, 6) is -2.72. The molecule has 0 aromatic rings. The van der Waals surface area contributed by atoms with Gasteiger partial charge in [0.25, 0.3) is 0 Å². The number of hydrogen-bond donors (Lipinski definition) is 3. The maximum absolute atomic E-state index is 17.0. The standard InChI is InChI=1S/C24H33FO7/c1-4-20(30)32-12-19(29)24(31)17(27)10-16-15-6-5-13-9-14(26)7-8-21(13,2)23(15,25)18(28)11-22(16,24)3/h9,15-18,27-28,31H,4-8,10-12H2,1-3H3/t15-,16-,17+,18-,21-,22-,23?,24-/m0/s1. The zero-order chi connectivity index (χ0) is 23.7. The number of carbonyl (C=O) groups excluding carboxylic acids is 3. The van der Waals surface area contributed by atoms with Crippen molar-refractivity contribution in [2.75, 3.05) is 6.61 Å². The summed E-state index contributed by atoms with van der Waals surface area (Å²) in [6.07, 6.45) is -0.219. The summed E-state index contributed by atoms with van der Waals surface area (Å²) in [4.78, 5) is 36.5. The topological polar surface area (TPSA) is 121 Å². The van der Waals surface area contributed by atoms with Crippen LogP contribution in [0.5, 0.6) is 0 Å². The molecule has 178 valence electrons. The number of ether oxygens (including phenoxy) is 1. The molecule has 0 aliphatic heterocycles. The largest absolute Gasteiger partial charge is 0.458 e. The second kappa shape index (κ2) is 7.43. The fourth-order valence-electron chi connectivity index (χ4n) is 7.45. The number of hydrogen-bond acceptors (Lipinski definition) is 7. The molecule has 1 unspecified atom stereocenters. The van der Waals surface area contributed by atoms with Gasteiger partial charge >= 0.3 is 5.97 Å². The number of fused-ring (bicyclic) bond motifs is 5. The van der Waals surface area contributed by atoms with Crippen LogP contribution in [0.15, 0.2) is 11.6 Å². The van der Waals surface area contributed by atoms with Crippen molar-refractivity contribution < 1.29 is 38.8 Å². The quantitative estimate of drug-likeness (QED) is 0.556. The average Bonchev–Trinajstić information content (AvgIpc) is 2.94. The first-order valence-corrected chi connectivity index (χ1v) is 11.6. The van der Waals surface area contributed by atoms with E-state index in [-0.39, 0.29) is 31.5 Å². The third kappa shape index (κ3) is 2.78. The highest BCUT2D eigenvalue weighted by Gasteiger charge is 2.76. The van der Waals surface area contributed by atoms with Gasteiger partial charge in [-0.05, 0) is 44.1 Å². The molecule has 3 N–H and O–H groups in total. The molecule has 0 saturated heterocycles. The number of Topliss-reactive ketones (excluding diaryl/α,β-unsaturated/α-hetero) is 1. The number of esters is 1. The number of alkyl halides is 1. The molecule has 0 aromatic heterocycles. The maximum Gasteiger partial charge on any atom is 0.305 e. The lowest BCUT2D eigenvalue weighted by Gasteiger charge is -2.63. The highest BCUT2D eigenvalue weighted by Crippen LogP contribution is 2.70. The van der Waals surface area contributed by atoms with Gasteiger partial charge in [-0.2, -0.15) is 0 Å².